The molecule has 0 radical (unpaired) electrons. The van der Waals surface area contributed by atoms with Gasteiger partial charge in [-0.15, -0.1) is 0 Å². The number of hydrogen-bond donors (Lipinski definition) is 1. The van der Waals surface area contributed by atoms with Crippen LogP contribution < -0.4 is 5.32 Å². The van der Waals surface area contributed by atoms with Gasteiger partial charge in [-0.3, -0.25) is 9.69 Å². The summed E-state index contributed by atoms with van der Waals surface area (Å²) < 4.78 is 11.5. The van der Waals surface area contributed by atoms with E-state index in [4.69, 9.17) is 9.15 Å². The maximum Gasteiger partial charge on any atom is 0.234 e. The molecular weight excluding hydrogens is 292 g/mol. The van der Waals surface area contributed by atoms with Gasteiger partial charge in [0.2, 0.25) is 5.91 Å². The monoisotopic (exact) mass is 316 g/mol. The lowest BCUT2D eigenvalue weighted by atomic mass is 10.2. The second kappa shape index (κ2) is 6.72. The highest BCUT2D eigenvalue weighted by atomic mass is 16.5. The zero-order valence-corrected chi connectivity index (χ0v) is 13.9. The third-order valence-electron chi connectivity index (χ3n) is 4.11. The van der Waals surface area contributed by atoms with Crippen LogP contribution in [0.5, 0.6) is 0 Å². The highest BCUT2D eigenvalue weighted by Gasteiger charge is 2.24. The number of morpholine rings is 1. The number of amides is 1. The molecule has 5 heteroatoms. The number of benzene rings is 1. The Morgan fingerprint density at radius 3 is 2.70 bits per heavy atom. The van der Waals surface area contributed by atoms with Crippen LogP contribution in [0.2, 0.25) is 0 Å². The normalized spacial score (nSPS) is 23.8. The Kier molecular flexibility index (Phi) is 4.68. The number of para-hydroxylation sites is 1. The van der Waals surface area contributed by atoms with Gasteiger partial charge in [-0.05, 0) is 32.9 Å². The molecule has 3 atom stereocenters. The van der Waals surface area contributed by atoms with Crippen molar-refractivity contribution < 1.29 is 13.9 Å². The molecular formula is C18H24N2O3. The topological polar surface area (TPSA) is 54.7 Å². The molecule has 2 aromatic rings. The predicted octanol–water partition coefficient (Wildman–Crippen LogP) is 2.72. The molecule has 1 aromatic carbocycles. The minimum absolute atomic E-state index is 0.0132. The van der Waals surface area contributed by atoms with Crippen molar-refractivity contribution in [1.29, 1.82) is 0 Å². The number of carbonyl (C=O) groups excluding carboxylic acids is 1. The fourth-order valence-electron chi connectivity index (χ4n) is 3.19. The molecule has 0 unspecified atom stereocenters. The van der Waals surface area contributed by atoms with Gasteiger partial charge >= 0.3 is 0 Å². The van der Waals surface area contributed by atoms with E-state index < -0.39 is 0 Å². The van der Waals surface area contributed by atoms with Crippen LogP contribution in [0.3, 0.4) is 0 Å². The van der Waals surface area contributed by atoms with E-state index >= 15 is 0 Å². The first-order valence-electron chi connectivity index (χ1n) is 8.17. The summed E-state index contributed by atoms with van der Waals surface area (Å²) in [4.78, 5) is 14.4. The molecule has 1 saturated heterocycles. The van der Waals surface area contributed by atoms with Gasteiger partial charge in [-0.2, -0.15) is 0 Å². The van der Waals surface area contributed by atoms with Gasteiger partial charge in [0.15, 0.2) is 0 Å². The van der Waals surface area contributed by atoms with Crippen molar-refractivity contribution in [3.05, 3.63) is 36.1 Å². The fraction of sp³-hybridized carbons (Fsp3) is 0.500. The molecule has 124 valence electrons. The summed E-state index contributed by atoms with van der Waals surface area (Å²) in [5.41, 5.74) is 0.847. The van der Waals surface area contributed by atoms with Crippen LogP contribution >= 0.6 is 0 Å². The minimum Gasteiger partial charge on any atom is -0.459 e. The van der Waals surface area contributed by atoms with Crippen molar-refractivity contribution in [2.45, 2.75) is 39.0 Å². The van der Waals surface area contributed by atoms with E-state index in [0.29, 0.717) is 6.54 Å². The van der Waals surface area contributed by atoms with Crippen LogP contribution in [0.15, 0.2) is 34.7 Å². The SMILES string of the molecule is C[C@@H]1CN(CC(=O)N[C@H](C)c2cc3ccccc3o2)C[C@H](C)O1. The molecule has 1 aliphatic heterocycles. The van der Waals surface area contributed by atoms with E-state index in [1.54, 1.807) is 0 Å². The van der Waals surface area contributed by atoms with Gasteiger partial charge in [0.25, 0.3) is 0 Å². The zero-order chi connectivity index (χ0) is 16.4. The Balaban J connectivity index is 1.58. The summed E-state index contributed by atoms with van der Waals surface area (Å²) >= 11 is 0. The Bertz CT molecular complexity index is 639. The molecule has 23 heavy (non-hydrogen) atoms. The highest BCUT2D eigenvalue weighted by Crippen LogP contribution is 2.23. The minimum atomic E-state index is -0.147. The molecule has 1 aliphatic rings. The standard InChI is InChI=1S/C18H24N2O3/c1-12-9-20(10-13(2)22-12)11-18(21)19-14(3)17-8-15-6-4-5-7-16(15)23-17/h4-8,12-14H,9-11H2,1-3H3,(H,19,21)/t12-,13+,14-/m1/s1. The smallest absolute Gasteiger partial charge is 0.234 e. The maximum absolute atomic E-state index is 12.3. The summed E-state index contributed by atoms with van der Waals surface area (Å²) in [5, 5.41) is 4.07. The van der Waals surface area contributed by atoms with E-state index in [-0.39, 0.29) is 24.2 Å². The number of hydrogen-bond acceptors (Lipinski definition) is 4. The summed E-state index contributed by atoms with van der Waals surface area (Å²) in [7, 11) is 0. The van der Waals surface area contributed by atoms with Crippen molar-refractivity contribution in [3.63, 3.8) is 0 Å². The largest absolute Gasteiger partial charge is 0.459 e. The van der Waals surface area contributed by atoms with Crippen LogP contribution in [0.1, 0.15) is 32.6 Å². The van der Waals surface area contributed by atoms with E-state index in [0.717, 1.165) is 29.8 Å². The van der Waals surface area contributed by atoms with Crippen molar-refractivity contribution in [2.24, 2.45) is 0 Å². The van der Waals surface area contributed by atoms with Crippen LogP contribution in [0, 0.1) is 0 Å². The Hall–Kier alpha value is -1.85. The predicted molar refractivity (Wildman–Crippen MR) is 89.2 cm³/mol. The number of ether oxygens (including phenoxy) is 1. The zero-order valence-electron chi connectivity index (χ0n) is 13.9. The van der Waals surface area contributed by atoms with E-state index in [2.05, 4.69) is 10.2 Å². The first-order chi connectivity index (χ1) is 11.0. The molecule has 1 amide bonds. The molecule has 1 aromatic heterocycles. The van der Waals surface area contributed by atoms with Crippen LogP contribution in [0.4, 0.5) is 0 Å². The third kappa shape index (κ3) is 3.92. The highest BCUT2D eigenvalue weighted by molar-refractivity contribution is 5.80. The second-order valence-electron chi connectivity index (χ2n) is 6.43. The number of nitrogens with zero attached hydrogens (tertiary/aromatic N) is 1. The first-order valence-corrected chi connectivity index (χ1v) is 8.17. The third-order valence-corrected chi connectivity index (χ3v) is 4.11. The van der Waals surface area contributed by atoms with Crippen LogP contribution in [0.25, 0.3) is 11.0 Å². The molecule has 1 fully saturated rings. The fourth-order valence-corrected chi connectivity index (χ4v) is 3.19. The van der Waals surface area contributed by atoms with Crippen molar-refractivity contribution in [3.8, 4) is 0 Å². The molecule has 5 nitrogen and oxygen atoms in total. The van der Waals surface area contributed by atoms with Gasteiger partial charge in [0, 0.05) is 18.5 Å². The van der Waals surface area contributed by atoms with E-state index in [1.165, 1.54) is 0 Å². The van der Waals surface area contributed by atoms with Crippen LogP contribution in [-0.2, 0) is 9.53 Å². The summed E-state index contributed by atoms with van der Waals surface area (Å²) in [6, 6.07) is 9.70. The van der Waals surface area contributed by atoms with Gasteiger partial charge in [0.05, 0.1) is 24.8 Å². The number of fused-ring (bicyclic) bond motifs is 1. The lowest BCUT2D eigenvalue weighted by Gasteiger charge is -2.34. The van der Waals surface area contributed by atoms with Crippen LogP contribution in [-0.4, -0.2) is 42.6 Å². The molecule has 0 spiro atoms. The quantitative estimate of drug-likeness (QED) is 0.942. The van der Waals surface area contributed by atoms with Crippen molar-refractivity contribution in [1.82, 2.24) is 10.2 Å². The van der Waals surface area contributed by atoms with Gasteiger partial charge in [0.1, 0.15) is 11.3 Å². The molecule has 3 rings (SSSR count). The Morgan fingerprint density at radius 1 is 1.30 bits per heavy atom. The molecule has 0 aliphatic carbocycles. The molecule has 1 N–H and O–H groups in total. The molecule has 0 saturated carbocycles. The Morgan fingerprint density at radius 2 is 2.00 bits per heavy atom. The van der Waals surface area contributed by atoms with Crippen molar-refractivity contribution >= 4 is 16.9 Å². The van der Waals surface area contributed by atoms with Crippen molar-refractivity contribution in [2.75, 3.05) is 19.6 Å². The number of furan rings is 1. The lowest BCUT2D eigenvalue weighted by molar-refractivity contribution is -0.126. The average Bonchev–Trinajstić information content (AvgIpc) is 2.89. The maximum atomic E-state index is 12.3. The second-order valence-corrected chi connectivity index (χ2v) is 6.43. The van der Waals surface area contributed by atoms with E-state index in [1.807, 2.05) is 51.1 Å². The lowest BCUT2D eigenvalue weighted by Crippen LogP contribution is -2.49. The summed E-state index contributed by atoms with van der Waals surface area (Å²) in [6.45, 7) is 7.99. The molecule has 2 heterocycles. The number of rotatable bonds is 4. The number of nitrogens with one attached hydrogen (secondary N) is 1. The molecule has 0 bridgehead atoms. The van der Waals surface area contributed by atoms with Gasteiger partial charge in [-0.1, -0.05) is 18.2 Å². The van der Waals surface area contributed by atoms with Gasteiger partial charge in [-0.25, -0.2) is 0 Å². The van der Waals surface area contributed by atoms with Gasteiger partial charge < -0.3 is 14.5 Å². The van der Waals surface area contributed by atoms with E-state index in [9.17, 15) is 4.79 Å². The average molecular weight is 316 g/mol. The summed E-state index contributed by atoms with van der Waals surface area (Å²) in [5.74, 6) is 0.794. The summed E-state index contributed by atoms with van der Waals surface area (Å²) in [6.07, 6.45) is 0.332. The first kappa shape index (κ1) is 16.0. The number of carbonyl (C=O) groups is 1. The Labute approximate surface area is 136 Å².